The second kappa shape index (κ2) is 6.99. The second-order valence-electron chi connectivity index (χ2n) is 3.71. The number of halogens is 2. The van der Waals surface area contributed by atoms with Crippen LogP contribution in [-0.4, -0.2) is 19.3 Å². The molecule has 2 nitrogen and oxygen atoms in total. The van der Waals surface area contributed by atoms with Crippen molar-refractivity contribution in [3.8, 4) is 0 Å². The molecular formula is C12H16BrFO2. The number of ether oxygens (including phenoxy) is 2. The van der Waals surface area contributed by atoms with Crippen molar-refractivity contribution in [2.75, 3.05) is 13.2 Å². The molecule has 0 bridgehead atoms. The van der Waals surface area contributed by atoms with Crippen LogP contribution in [0.2, 0.25) is 0 Å². The van der Waals surface area contributed by atoms with Crippen LogP contribution < -0.4 is 0 Å². The highest BCUT2D eigenvalue weighted by atomic mass is 79.9. The van der Waals surface area contributed by atoms with Crippen LogP contribution in [0.15, 0.2) is 22.7 Å². The van der Waals surface area contributed by atoms with E-state index in [9.17, 15) is 4.39 Å². The van der Waals surface area contributed by atoms with Gasteiger partial charge in [-0.2, -0.15) is 0 Å². The van der Waals surface area contributed by atoms with E-state index in [1.54, 1.807) is 6.07 Å². The molecule has 0 saturated carbocycles. The third kappa shape index (κ3) is 5.05. The van der Waals surface area contributed by atoms with Crippen LogP contribution in [0.25, 0.3) is 0 Å². The number of rotatable bonds is 6. The van der Waals surface area contributed by atoms with Gasteiger partial charge in [-0.25, -0.2) is 4.39 Å². The average molecular weight is 291 g/mol. The Labute approximate surface area is 104 Å². The predicted octanol–water partition coefficient (Wildman–Crippen LogP) is 3.53. The van der Waals surface area contributed by atoms with Crippen LogP contribution >= 0.6 is 15.9 Å². The van der Waals surface area contributed by atoms with Crippen molar-refractivity contribution in [2.45, 2.75) is 26.6 Å². The van der Waals surface area contributed by atoms with Crippen molar-refractivity contribution in [1.82, 2.24) is 0 Å². The maximum atomic E-state index is 12.8. The lowest BCUT2D eigenvalue weighted by molar-refractivity contribution is 0.0141. The quantitative estimate of drug-likeness (QED) is 0.746. The molecule has 0 amide bonds. The summed E-state index contributed by atoms with van der Waals surface area (Å²) in [6.45, 7) is 5.55. The Hall–Kier alpha value is -0.450. The molecule has 0 fully saturated rings. The second-order valence-corrected chi connectivity index (χ2v) is 4.56. The first-order valence-corrected chi connectivity index (χ1v) is 6.02. The van der Waals surface area contributed by atoms with Gasteiger partial charge in [-0.3, -0.25) is 0 Å². The van der Waals surface area contributed by atoms with Crippen molar-refractivity contribution in [1.29, 1.82) is 0 Å². The molecule has 0 atom stereocenters. The van der Waals surface area contributed by atoms with Crippen LogP contribution in [0, 0.1) is 5.82 Å². The summed E-state index contributed by atoms with van der Waals surface area (Å²) in [6, 6.07) is 4.57. The lowest BCUT2D eigenvalue weighted by Gasteiger charge is -2.09. The lowest BCUT2D eigenvalue weighted by atomic mass is 10.2. The summed E-state index contributed by atoms with van der Waals surface area (Å²) in [5.74, 6) is -0.251. The van der Waals surface area contributed by atoms with E-state index in [1.807, 2.05) is 13.8 Å². The molecule has 1 rings (SSSR count). The summed E-state index contributed by atoms with van der Waals surface area (Å²) < 4.78 is 24.3. The van der Waals surface area contributed by atoms with Crippen molar-refractivity contribution in [2.24, 2.45) is 0 Å². The highest BCUT2D eigenvalue weighted by Crippen LogP contribution is 2.18. The molecule has 0 heterocycles. The van der Waals surface area contributed by atoms with Crippen molar-refractivity contribution in [3.05, 3.63) is 34.1 Å². The molecule has 0 aliphatic rings. The van der Waals surface area contributed by atoms with Gasteiger partial charge >= 0.3 is 0 Å². The van der Waals surface area contributed by atoms with Crippen molar-refractivity contribution in [3.63, 3.8) is 0 Å². The van der Waals surface area contributed by atoms with Crippen LogP contribution in [0.4, 0.5) is 4.39 Å². The Balaban J connectivity index is 2.27. The molecule has 0 radical (unpaired) electrons. The maximum Gasteiger partial charge on any atom is 0.124 e. The van der Waals surface area contributed by atoms with Crippen LogP contribution in [0.5, 0.6) is 0 Å². The van der Waals surface area contributed by atoms with Crippen LogP contribution in [0.3, 0.4) is 0 Å². The number of hydrogen-bond donors (Lipinski definition) is 0. The minimum absolute atomic E-state index is 0.223. The molecule has 1 aromatic carbocycles. The molecule has 0 N–H and O–H groups in total. The first kappa shape index (κ1) is 13.6. The average Bonchev–Trinajstić information content (AvgIpc) is 2.20. The van der Waals surface area contributed by atoms with Gasteiger partial charge in [-0.1, -0.05) is 22.0 Å². The van der Waals surface area contributed by atoms with Gasteiger partial charge < -0.3 is 9.47 Å². The molecule has 0 aromatic heterocycles. The molecule has 0 spiro atoms. The Morgan fingerprint density at radius 3 is 2.69 bits per heavy atom. The number of benzene rings is 1. The van der Waals surface area contributed by atoms with E-state index < -0.39 is 0 Å². The lowest BCUT2D eigenvalue weighted by Crippen LogP contribution is -2.09. The normalized spacial score (nSPS) is 11.1. The Kier molecular flexibility index (Phi) is 5.95. The van der Waals surface area contributed by atoms with Gasteiger partial charge in [-0.15, -0.1) is 0 Å². The molecule has 4 heteroatoms. The number of hydrogen-bond acceptors (Lipinski definition) is 2. The van der Waals surface area contributed by atoms with Gasteiger partial charge in [-0.05, 0) is 31.5 Å². The zero-order valence-electron chi connectivity index (χ0n) is 9.50. The zero-order valence-corrected chi connectivity index (χ0v) is 11.1. The molecular weight excluding hydrogens is 275 g/mol. The zero-order chi connectivity index (χ0) is 12.0. The third-order valence-corrected chi connectivity index (χ3v) is 2.69. The van der Waals surface area contributed by atoms with Gasteiger partial charge in [0.25, 0.3) is 0 Å². The third-order valence-electron chi connectivity index (χ3n) is 1.95. The Bertz CT molecular complexity index is 329. The minimum Gasteiger partial charge on any atom is -0.376 e. The smallest absolute Gasteiger partial charge is 0.124 e. The van der Waals surface area contributed by atoms with E-state index in [1.165, 1.54) is 12.1 Å². The fraction of sp³-hybridized carbons (Fsp3) is 0.500. The Morgan fingerprint density at radius 2 is 2.06 bits per heavy atom. The van der Waals surface area contributed by atoms with Crippen LogP contribution in [0.1, 0.15) is 19.4 Å². The highest BCUT2D eigenvalue weighted by molar-refractivity contribution is 9.10. The summed E-state index contributed by atoms with van der Waals surface area (Å²) >= 11 is 3.29. The van der Waals surface area contributed by atoms with Gasteiger partial charge in [0.05, 0.1) is 25.9 Å². The first-order valence-electron chi connectivity index (χ1n) is 5.23. The largest absolute Gasteiger partial charge is 0.376 e. The van der Waals surface area contributed by atoms with E-state index in [2.05, 4.69) is 15.9 Å². The molecule has 0 unspecified atom stereocenters. The summed E-state index contributed by atoms with van der Waals surface area (Å²) in [5, 5.41) is 0. The van der Waals surface area contributed by atoms with Crippen molar-refractivity contribution >= 4 is 15.9 Å². The van der Waals surface area contributed by atoms with Gasteiger partial charge in [0.15, 0.2) is 0 Å². The molecule has 1 aromatic rings. The molecule has 90 valence electrons. The predicted molar refractivity (Wildman–Crippen MR) is 64.8 cm³/mol. The highest BCUT2D eigenvalue weighted by Gasteiger charge is 2.01. The summed E-state index contributed by atoms with van der Waals surface area (Å²) in [4.78, 5) is 0. The van der Waals surface area contributed by atoms with E-state index in [0.717, 1.165) is 10.0 Å². The van der Waals surface area contributed by atoms with E-state index in [-0.39, 0.29) is 11.9 Å². The maximum absolute atomic E-state index is 12.8. The van der Waals surface area contributed by atoms with E-state index in [4.69, 9.17) is 9.47 Å². The fourth-order valence-corrected chi connectivity index (χ4v) is 1.63. The van der Waals surface area contributed by atoms with Crippen LogP contribution in [-0.2, 0) is 16.1 Å². The van der Waals surface area contributed by atoms with Gasteiger partial charge in [0, 0.05) is 4.47 Å². The van der Waals surface area contributed by atoms with Gasteiger partial charge in [0.1, 0.15) is 5.82 Å². The fourth-order valence-electron chi connectivity index (χ4n) is 1.16. The molecule has 0 aliphatic heterocycles. The van der Waals surface area contributed by atoms with E-state index in [0.29, 0.717) is 19.8 Å². The molecule has 16 heavy (non-hydrogen) atoms. The standard InChI is InChI=1S/C12H16BrFO2/c1-9(2)16-6-5-15-8-10-3-4-11(14)7-12(10)13/h3-4,7,9H,5-6,8H2,1-2H3. The molecule has 0 aliphatic carbocycles. The van der Waals surface area contributed by atoms with E-state index >= 15 is 0 Å². The monoisotopic (exact) mass is 290 g/mol. The SMILES string of the molecule is CC(C)OCCOCc1ccc(F)cc1Br. The summed E-state index contributed by atoms with van der Waals surface area (Å²) in [7, 11) is 0. The Morgan fingerprint density at radius 1 is 1.31 bits per heavy atom. The summed E-state index contributed by atoms with van der Waals surface area (Å²) in [5.41, 5.74) is 0.936. The minimum atomic E-state index is -0.251. The topological polar surface area (TPSA) is 18.5 Å². The first-order chi connectivity index (χ1) is 7.59. The van der Waals surface area contributed by atoms with Gasteiger partial charge in [0.2, 0.25) is 0 Å². The summed E-state index contributed by atoms with van der Waals surface area (Å²) in [6.07, 6.45) is 0.223. The van der Waals surface area contributed by atoms with Crippen molar-refractivity contribution < 1.29 is 13.9 Å². The molecule has 0 saturated heterocycles.